The van der Waals surface area contributed by atoms with Gasteiger partial charge in [0.25, 0.3) is 0 Å². The monoisotopic (exact) mass is 378 g/mol. The number of fused-ring (bicyclic) bond motifs is 2. The van der Waals surface area contributed by atoms with Crippen molar-refractivity contribution in [1.29, 1.82) is 0 Å². The fourth-order valence-electron chi connectivity index (χ4n) is 3.19. The highest BCUT2D eigenvalue weighted by Gasteiger charge is 2.16. The average Bonchev–Trinajstić information content (AvgIpc) is 3.41. The van der Waals surface area contributed by atoms with E-state index in [2.05, 4.69) is 40.3 Å². The summed E-state index contributed by atoms with van der Waals surface area (Å²) in [6, 6.07) is 4.06. The molecule has 10 heteroatoms. The van der Waals surface area contributed by atoms with Gasteiger partial charge in [-0.05, 0) is 30.6 Å². The van der Waals surface area contributed by atoms with Crippen LogP contribution < -0.4 is 4.74 Å². The van der Waals surface area contributed by atoms with E-state index in [1.54, 1.807) is 17.8 Å². The molecule has 0 spiro atoms. The number of rotatable bonds is 4. The Morgan fingerprint density at radius 1 is 1.22 bits per heavy atom. The zero-order valence-corrected chi connectivity index (χ0v) is 15.4. The predicted molar refractivity (Wildman–Crippen MR) is 99.8 cm³/mol. The van der Waals surface area contributed by atoms with Crippen molar-refractivity contribution in [3.8, 4) is 17.0 Å². The largest absolute Gasteiger partial charge is 0.479 e. The SMILES string of the molecule is COc1ncnn2ccc(-c3cnc4nc(C)n(Cc5cnns5)c4c3)c12. The van der Waals surface area contributed by atoms with Crippen LogP contribution in [0.2, 0.25) is 0 Å². The van der Waals surface area contributed by atoms with Gasteiger partial charge >= 0.3 is 0 Å². The lowest BCUT2D eigenvalue weighted by Gasteiger charge is -2.06. The van der Waals surface area contributed by atoms with Crippen LogP contribution in [0.4, 0.5) is 0 Å². The van der Waals surface area contributed by atoms with Crippen LogP contribution in [0, 0.1) is 6.92 Å². The van der Waals surface area contributed by atoms with Crippen molar-refractivity contribution in [3.05, 3.63) is 47.8 Å². The first kappa shape index (κ1) is 15.8. The van der Waals surface area contributed by atoms with E-state index in [0.717, 1.165) is 32.9 Å². The fraction of sp³-hybridized carbons (Fsp3) is 0.176. The molecule has 0 unspecified atom stereocenters. The van der Waals surface area contributed by atoms with E-state index in [0.29, 0.717) is 18.1 Å². The highest BCUT2D eigenvalue weighted by Crippen LogP contribution is 2.31. The molecule has 27 heavy (non-hydrogen) atoms. The van der Waals surface area contributed by atoms with E-state index in [1.807, 2.05) is 25.4 Å². The standard InChI is InChI=1S/C17H14N8OS/c1-10-22-16-14(24(10)8-12-7-20-23-27-12)5-11(6-18-16)13-3-4-25-15(13)17(26-2)19-9-21-25/h3-7,9H,8H2,1-2H3. The van der Waals surface area contributed by atoms with Gasteiger partial charge in [-0.25, -0.2) is 14.5 Å². The Bertz CT molecular complexity index is 1260. The molecule has 5 heterocycles. The summed E-state index contributed by atoms with van der Waals surface area (Å²) in [5, 5.41) is 8.16. The first-order valence-corrected chi connectivity index (χ1v) is 8.98. The molecule has 0 amide bonds. The quantitative estimate of drug-likeness (QED) is 0.474. The molecule has 9 nitrogen and oxygen atoms in total. The molecule has 5 aromatic heterocycles. The van der Waals surface area contributed by atoms with Crippen LogP contribution in [-0.4, -0.2) is 45.8 Å². The molecule has 0 bridgehead atoms. The topological polar surface area (TPSA) is 95.9 Å². The van der Waals surface area contributed by atoms with E-state index in [4.69, 9.17) is 4.74 Å². The van der Waals surface area contributed by atoms with Crippen molar-refractivity contribution in [2.24, 2.45) is 0 Å². The molecule has 0 N–H and O–H groups in total. The molecule has 0 aliphatic heterocycles. The highest BCUT2D eigenvalue weighted by molar-refractivity contribution is 7.05. The number of aryl methyl sites for hydroxylation is 1. The summed E-state index contributed by atoms with van der Waals surface area (Å²) in [5.41, 5.74) is 4.36. The molecular formula is C17H14N8OS. The van der Waals surface area contributed by atoms with Gasteiger partial charge in [0.05, 0.1) is 30.2 Å². The third-order valence-electron chi connectivity index (χ3n) is 4.44. The number of methoxy groups -OCH3 is 1. The third kappa shape index (κ3) is 2.53. The second kappa shape index (κ2) is 6.09. The molecule has 5 aromatic rings. The Balaban J connectivity index is 1.69. The van der Waals surface area contributed by atoms with Crippen molar-refractivity contribution in [2.75, 3.05) is 7.11 Å². The Morgan fingerprint density at radius 3 is 2.96 bits per heavy atom. The summed E-state index contributed by atoms with van der Waals surface area (Å²) >= 11 is 1.38. The molecule has 134 valence electrons. The number of hydrogen-bond acceptors (Lipinski definition) is 8. The first-order chi connectivity index (χ1) is 13.2. The summed E-state index contributed by atoms with van der Waals surface area (Å²) in [4.78, 5) is 14.4. The summed E-state index contributed by atoms with van der Waals surface area (Å²) in [5.74, 6) is 1.41. The van der Waals surface area contributed by atoms with Crippen LogP contribution in [0.25, 0.3) is 27.8 Å². The van der Waals surface area contributed by atoms with Gasteiger partial charge in [0, 0.05) is 23.5 Å². The molecular weight excluding hydrogens is 364 g/mol. The number of ether oxygens (including phenoxy) is 1. The van der Waals surface area contributed by atoms with Gasteiger partial charge in [-0.3, -0.25) is 0 Å². The summed E-state index contributed by atoms with van der Waals surface area (Å²) < 4.78 is 13.2. The number of imidazole rings is 1. The maximum absolute atomic E-state index is 5.41. The smallest absolute Gasteiger partial charge is 0.241 e. The van der Waals surface area contributed by atoms with Crippen molar-refractivity contribution < 1.29 is 4.74 Å². The minimum atomic E-state index is 0.519. The molecule has 0 aromatic carbocycles. The van der Waals surface area contributed by atoms with Crippen molar-refractivity contribution in [3.63, 3.8) is 0 Å². The van der Waals surface area contributed by atoms with Gasteiger partial charge in [-0.1, -0.05) is 4.49 Å². The molecule has 0 saturated carbocycles. The number of aromatic nitrogens is 8. The minimum Gasteiger partial charge on any atom is -0.479 e. The molecule has 0 atom stereocenters. The maximum atomic E-state index is 5.41. The van der Waals surface area contributed by atoms with Crippen LogP contribution in [-0.2, 0) is 6.54 Å². The van der Waals surface area contributed by atoms with Crippen molar-refractivity contribution in [1.82, 2.24) is 38.7 Å². The van der Waals surface area contributed by atoms with Crippen LogP contribution in [0.5, 0.6) is 5.88 Å². The van der Waals surface area contributed by atoms with E-state index >= 15 is 0 Å². The molecule has 0 fully saturated rings. The molecule has 0 aliphatic rings. The average molecular weight is 378 g/mol. The third-order valence-corrected chi connectivity index (χ3v) is 5.09. The van der Waals surface area contributed by atoms with E-state index in [1.165, 1.54) is 17.9 Å². The Kier molecular flexibility index (Phi) is 3.57. The number of nitrogens with zero attached hydrogens (tertiary/aromatic N) is 8. The summed E-state index contributed by atoms with van der Waals surface area (Å²) in [6.45, 7) is 2.63. The van der Waals surface area contributed by atoms with Crippen LogP contribution in [0.1, 0.15) is 10.7 Å². The van der Waals surface area contributed by atoms with Gasteiger partial charge in [0.2, 0.25) is 5.88 Å². The van der Waals surface area contributed by atoms with Gasteiger partial charge < -0.3 is 9.30 Å². The first-order valence-electron chi connectivity index (χ1n) is 8.20. The summed E-state index contributed by atoms with van der Waals surface area (Å²) in [7, 11) is 1.60. The molecule has 5 rings (SSSR count). The lowest BCUT2D eigenvalue weighted by Crippen LogP contribution is -2.00. The summed E-state index contributed by atoms with van der Waals surface area (Å²) in [6.07, 6.45) is 6.94. The lowest BCUT2D eigenvalue weighted by molar-refractivity contribution is 0.399. The lowest BCUT2D eigenvalue weighted by atomic mass is 10.1. The number of hydrogen-bond donors (Lipinski definition) is 0. The highest BCUT2D eigenvalue weighted by atomic mass is 32.1. The van der Waals surface area contributed by atoms with Crippen LogP contribution in [0.15, 0.2) is 37.1 Å². The van der Waals surface area contributed by atoms with E-state index < -0.39 is 0 Å². The fourth-order valence-corrected chi connectivity index (χ4v) is 3.67. The van der Waals surface area contributed by atoms with Gasteiger partial charge in [0.15, 0.2) is 5.65 Å². The normalized spacial score (nSPS) is 11.5. The predicted octanol–water partition coefficient (Wildman–Crippen LogP) is 2.36. The molecule has 0 saturated heterocycles. The van der Waals surface area contributed by atoms with E-state index in [9.17, 15) is 0 Å². The molecule has 0 aliphatic carbocycles. The maximum Gasteiger partial charge on any atom is 0.241 e. The zero-order valence-electron chi connectivity index (χ0n) is 14.6. The van der Waals surface area contributed by atoms with Crippen molar-refractivity contribution >= 4 is 28.2 Å². The number of pyridine rings is 1. The Labute approximate surface area is 157 Å². The van der Waals surface area contributed by atoms with Gasteiger partial charge in [-0.2, -0.15) is 10.1 Å². The Morgan fingerprint density at radius 2 is 2.15 bits per heavy atom. The van der Waals surface area contributed by atoms with Crippen LogP contribution >= 0.6 is 11.5 Å². The van der Waals surface area contributed by atoms with Crippen molar-refractivity contribution in [2.45, 2.75) is 13.5 Å². The second-order valence-corrected chi connectivity index (χ2v) is 6.86. The second-order valence-electron chi connectivity index (χ2n) is 5.99. The Hall–Kier alpha value is -3.40. The molecule has 0 radical (unpaired) electrons. The van der Waals surface area contributed by atoms with Gasteiger partial charge in [-0.15, -0.1) is 5.10 Å². The van der Waals surface area contributed by atoms with E-state index in [-0.39, 0.29) is 0 Å². The van der Waals surface area contributed by atoms with Crippen LogP contribution in [0.3, 0.4) is 0 Å². The zero-order chi connectivity index (χ0) is 18.4. The minimum absolute atomic E-state index is 0.519. The van der Waals surface area contributed by atoms with Gasteiger partial charge in [0.1, 0.15) is 17.7 Å².